The highest BCUT2D eigenvalue weighted by Gasteiger charge is 2.48. The minimum atomic E-state index is -4.84. The smallest absolute Gasteiger partial charge is 0.385 e. The number of rotatable bonds is 4. The van der Waals surface area contributed by atoms with Crippen LogP contribution in [0.4, 0.5) is 4.79 Å². The highest BCUT2D eigenvalue weighted by molar-refractivity contribution is 7.88. The van der Waals surface area contributed by atoms with Gasteiger partial charge in [-0.3, -0.25) is 4.55 Å². The molecule has 2 rings (SSSR count). The molecule has 0 aromatic rings. The van der Waals surface area contributed by atoms with Crippen LogP contribution in [0.15, 0.2) is 4.40 Å². The van der Waals surface area contributed by atoms with Crippen LogP contribution in [0.1, 0.15) is 12.8 Å². The van der Waals surface area contributed by atoms with Gasteiger partial charge in [-0.25, -0.2) is 9.93 Å². The van der Waals surface area contributed by atoms with Crippen molar-refractivity contribution in [3.63, 3.8) is 0 Å². The molecule has 12 nitrogen and oxygen atoms in total. The molecule has 0 aliphatic carbocycles. The van der Waals surface area contributed by atoms with Crippen LogP contribution in [-0.4, -0.2) is 61.8 Å². The van der Waals surface area contributed by atoms with Crippen molar-refractivity contribution in [2.75, 3.05) is 6.54 Å². The zero-order valence-corrected chi connectivity index (χ0v) is 12.1. The van der Waals surface area contributed by atoms with Crippen LogP contribution >= 0.6 is 0 Å². The molecule has 0 aromatic heterocycles. The summed E-state index contributed by atoms with van der Waals surface area (Å²) in [6.07, 6.45) is 0.524. The van der Waals surface area contributed by atoms with E-state index in [0.29, 0.717) is 5.06 Å². The van der Waals surface area contributed by atoms with Crippen LogP contribution in [0.5, 0.6) is 0 Å². The van der Waals surface area contributed by atoms with Crippen molar-refractivity contribution in [2.45, 2.75) is 24.9 Å². The maximum atomic E-state index is 12.0. The van der Waals surface area contributed by atoms with Gasteiger partial charge < -0.3 is 10.6 Å². The van der Waals surface area contributed by atoms with Crippen molar-refractivity contribution in [1.29, 1.82) is 0 Å². The summed E-state index contributed by atoms with van der Waals surface area (Å²) in [6, 6.07) is -2.31. The number of carbonyl (C=O) groups excluding carboxylic acids is 1. The van der Waals surface area contributed by atoms with Gasteiger partial charge in [0.25, 0.3) is 0 Å². The third-order valence-electron chi connectivity index (χ3n) is 3.07. The van der Waals surface area contributed by atoms with Crippen LogP contribution in [0.2, 0.25) is 0 Å². The molecule has 2 saturated heterocycles. The first kappa shape index (κ1) is 15.9. The molecule has 2 aliphatic heterocycles. The second kappa shape index (κ2) is 5.06. The molecule has 2 atom stereocenters. The lowest BCUT2D eigenvalue weighted by Crippen LogP contribution is -2.48. The fraction of sp³-hybridized carbons (Fsp3) is 0.714. The Labute approximate surface area is 120 Å². The predicted molar refractivity (Wildman–Crippen MR) is 68.1 cm³/mol. The van der Waals surface area contributed by atoms with Gasteiger partial charge in [0, 0.05) is 6.54 Å². The minimum absolute atomic E-state index is 0.0554. The van der Waals surface area contributed by atoms with E-state index in [1.807, 2.05) is 0 Å². The minimum Gasteiger partial charge on any atom is -0.385 e. The Hall–Kier alpha value is -1.48. The lowest BCUT2D eigenvalue weighted by molar-refractivity contribution is -0.0316. The normalized spacial score (nSPS) is 27.3. The highest BCUT2D eigenvalue weighted by Crippen LogP contribution is 2.30. The molecule has 2 bridgehead atoms. The molecule has 0 aromatic carbocycles. The van der Waals surface area contributed by atoms with Gasteiger partial charge in [-0.2, -0.15) is 21.9 Å². The lowest BCUT2D eigenvalue weighted by Gasteiger charge is -2.29. The summed E-state index contributed by atoms with van der Waals surface area (Å²) in [6.45, 7) is 0.0554. The van der Waals surface area contributed by atoms with Crippen LogP contribution in [0.3, 0.4) is 0 Å². The molecule has 14 heteroatoms. The van der Waals surface area contributed by atoms with Crippen LogP contribution in [0, 0.1) is 0 Å². The molecule has 2 heterocycles. The number of fused-ring (bicyclic) bond motifs is 2. The highest BCUT2D eigenvalue weighted by atomic mass is 32.3. The summed E-state index contributed by atoms with van der Waals surface area (Å²) in [7, 11) is -9.05. The summed E-state index contributed by atoms with van der Waals surface area (Å²) in [5.41, 5.74) is 5.52. The fourth-order valence-corrected chi connectivity index (χ4v) is 3.15. The topological polar surface area (TPSA) is 186 Å². The molecule has 0 radical (unpaired) electrons. The Bertz CT molecular complexity index is 686. The van der Waals surface area contributed by atoms with Crippen molar-refractivity contribution >= 4 is 32.5 Å². The first-order valence-electron chi connectivity index (χ1n) is 5.63. The number of carbonyl (C=O) groups is 1. The van der Waals surface area contributed by atoms with Crippen molar-refractivity contribution in [1.82, 2.24) is 9.96 Å². The maximum Gasteiger partial charge on any atom is 0.418 e. The number of piperidine rings is 1. The van der Waals surface area contributed by atoms with Gasteiger partial charge in [0.1, 0.15) is 5.84 Å². The van der Waals surface area contributed by atoms with E-state index in [4.69, 9.17) is 15.4 Å². The van der Waals surface area contributed by atoms with Crippen LogP contribution in [0.25, 0.3) is 0 Å². The van der Waals surface area contributed by atoms with E-state index in [9.17, 15) is 21.6 Å². The summed E-state index contributed by atoms with van der Waals surface area (Å²) < 4.78 is 59.1. The van der Waals surface area contributed by atoms with Gasteiger partial charge >= 0.3 is 26.6 Å². The monoisotopic (exact) mass is 343 g/mol. The number of hydrogen-bond acceptors (Lipinski definition) is 6. The molecule has 2 amide bonds. The first-order valence-corrected chi connectivity index (χ1v) is 8.49. The summed E-state index contributed by atoms with van der Waals surface area (Å²) >= 11 is 0. The maximum absolute atomic E-state index is 12.0. The van der Waals surface area contributed by atoms with Crippen LogP contribution < -0.4 is 10.9 Å². The van der Waals surface area contributed by atoms with E-state index in [1.54, 1.807) is 0 Å². The number of amidine groups is 1. The second-order valence-electron chi connectivity index (χ2n) is 4.54. The van der Waals surface area contributed by atoms with Crippen molar-refractivity contribution in [3.05, 3.63) is 0 Å². The van der Waals surface area contributed by atoms with E-state index in [2.05, 4.69) is 8.68 Å². The molecule has 2 aliphatic rings. The number of nitrogens with zero attached hydrogens (tertiary/aromatic N) is 3. The van der Waals surface area contributed by atoms with E-state index < -0.39 is 38.7 Å². The van der Waals surface area contributed by atoms with Gasteiger partial charge in [0.2, 0.25) is 0 Å². The number of urea groups is 1. The third kappa shape index (κ3) is 3.59. The Morgan fingerprint density at radius 2 is 1.95 bits per heavy atom. The second-order valence-corrected chi connectivity index (χ2v) is 6.76. The average Bonchev–Trinajstić information content (AvgIpc) is 2.51. The summed E-state index contributed by atoms with van der Waals surface area (Å²) in [5, 5.41) is 5.25. The molecule has 0 unspecified atom stereocenters. The number of hydroxylamine groups is 2. The lowest BCUT2D eigenvalue weighted by atomic mass is 10.0. The van der Waals surface area contributed by atoms with E-state index >= 15 is 0 Å². The molecule has 21 heavy (non-hydrogen) atoms. The summed E-state index contributed by atoms with van der Waals surface area (Å²) in [5.74, 6) is -0.377. The van der Waals surface area contributed by atoms with Gasteiger partial charge in [0.05, 0.1) is 12.1 Å². The van der Waals surface area contributed by atoms with Gasteiger partial charge in [-0.1, -0.05) is 0 Å². The van der Waals surface area contributed by atoms with E-state index in [1.165, 1.54) is 0 Å². The van der Waals surface area contributed by atoms with Gasteiger partial charge in [-0.15, -0.1) is 8.68 Å². The third-order valence-corrected chi connectivity index (χ3v) is 3.89. The van der Waals surface area contributed by atoms with Gasteiger partial charge in [0.15, 0.2) is 0 Å². The van der Waals surface area contributed by atoms with Crippen LogP contribution in [-0.2, 0) is 24.9 Å². The molecular formula is C7H13N5O7S2. The molecule has 0 spiro atoms. The number of amides is 2. The molecule has 120 valence electrons. The SMILES string of the molecule is NC(=NS(N)(=O)=O)[C@@H]1CC[C@@H]2CN1C(=O)N2OS(=O)(=O)O. The first-order chi connectivity index (χ1) is 9.48. The number of nitrogens with two attached hydrogens (primary N) is 2. The van der Waals surface area contributed by atoms with E-state index in [0.717, 1.165) is 4.90 Å². The Morgan fingerprint density at radius 3 is 2.48 bits per heavy atom. The molecule has 2 fully saturated rings. The molecule has 0 saturated carbocycles. The number of hydrogen-bond donors (Lipinski definition) is 3. The van der Waals surface area contributed by atoms with Crippen molar-refractivity contribution in [3.8, 4) is 0 Å². The Morgan fingerprint density at radius 1 is 1.33 bits per heavy atom. The Kier molecular flexibility index (Phi) is 3.83. The standard InChI is InChI=1S/C7H13N5O7S2/c8-6(10-20(9,14)15)5-2-1-4-3-11(5)7(13)12(4)19-21(16,17)18/h4-5H,1-3H2,(H2,8,10)(H2,9,14,15)(H,16,17,18)/t4-,5+/m1/s1. The molecular weight excluding hydrogens is 330 g/mol. The molecule has 5 N–H and O–H groups in total. The van der Waals surface area contributed by atoms with E-state index in [-0.39, 0.29) is 25.2 Å². The largest absolute Gasteiger partial charge is 0.418 e. The van der Waals surface area contributed by atoms with Gasteiger partial charge in [-0.05, 0) is 12.8 Å². The average molecular weight is 343 g/mol. The fourth-order valence-electron chi connectivity index (χ4n) is 2.35. The zero-order valence-electron chi connectivity index (χ0n) is 10.5. The predicted octanol–water partition coefficient (Wildman–Crippen LogP) is -2.45. The Balaban J connectivity index is 2.23. The van der Waals surface area contributed by atoms with Crippen molar-refractivity contribution < 1.29 is 30.5 Å². The zero-order chi connectivity index (χ0) is 16.0. The van der Waals surface area contributed by atoms with Crippen molar-refractivity contribution in [2.24, 2.45) is 15.3 Å². The quantitative estimate of drug-likeness (QED) is 0.285. The summed E-state index contributed by atoms with van der Waals surface area (Å²) in [4.78, 5) is 13.1.